The smallest absolute Gasteiger partial charge is 0.256 e. The monoisotopic (exact) mass is 444 g/mol. The van der Waals surface area contributed by atoms with Crippen molar-refractivity contribution >= 4 is 35.0 Å². The summed E-state index contributed by atoms with van der Waals surface area (Å²) in [5.74, 6) is -0.561. The van der Waals surface area contributed by atoms with Crippen LogP contribution in [0.25, 0.3) is 0 Å². The van der Waals surface area contributed by atoms with Gasteiger partial charge in [-0.1, -0.05) is 53.0 Å². The Bertz CT molecular complexity index is 1040. The summed E-state index contributed by atoms with van der Waals surface area (Å²) >= 11 is 12.2. The van der Waals surface area contributed by atoms with Crippen molar-refractivity contribution in [3.8, 4) is 0 Å². The fraction of sp³-hybridized carbons (Fsp3) is 0.227. The zero-order chi connectivity index (χ0) is 21.7. The highest BCUT2D eigenvalue weighted by molar-refractivity contribution is 6.33. The van der Waals surface area contributed by atoms with Crippen LogP contribution in [0.1, 0.15) is 37.5 Å². The van der Waals surface area contributed by atoms with Crippen molar-refractivity contribution < 1.29 is 9.59 Å². The van der Waals surface area contributed by atoms with Gasteiger partial charge in [-0.15, -0.1) is 0 Å². The summed E-state index contributed by atoms with van der Waals surface area (Å²) in [7, 11) is 0. The number of aromatic nitrogens is 2. The molecule has 156 valence electrons. The minimum Gasteiger partial charge on any atom is -0.350 e. The maximum Gasteiger partial charge on any atom is 0.256 e. The zero-order valence-electron chi connectivity index (χ0n) is 16.7. The standard InChI is InChI=1S/C22H22Cl2N4O2/c1-14-3-5-16(6-4-14)13-28-20(24)19(15(2)27-28)22(30)26-12-11-25-21(29)17-7-9-18(23)10-8-17/h3-10H,11-13H2,1-2H3,(H,25,29)(H,26,30). The number of aryl methyl sites for hydroxylation is 2. The lowest BCUT2D eigenvalue weighted by Crippen LogP contribution is -2.34. The molecule has 0 saturated carbocycles. The molecule has 8 heteroatoms. The molecule has 30 heavy (non-hydrogen) atoms. The van der Waals surface area contributed by atoms with Gasteiger partial charge in [0.25, 0.3) is 11.8 Å². The maximum atomic E-state index is 12.6. The van der Waals surface area contributed by atoms with E-state index in [1.165, 1.54) is 5.56 Å². The van der Waals surface area contributed by atoms with E-state index in [4.69, 9.17) is 23.2 Å². The quantitative estimate of drug-likeness (QED) is 0.540. The lowest BCUT2D eigenvalue weighted by molar-refractivity contribution is 0.0927. The highest BCUT2D eigenvalue weighted by atomic mass is 35.5. The molecule has 0 aliphatic rings. The molecule has 2 aromatic carbocycles. The minimum absolute atomic E-state index is 0.235. The number of nitrogens with one attached hydrogen (secondary N) is 2. The highest BCUT2D eigenvalue weighted by Crippen LogP contribution is 2.21. The van der Waals surface area contributed by atoms with Gasteiger partial charge in [-0.05, 0) is 43.7 Å². The average molecular weight is 445 g/mol. The highest BCUT2D eigenvalue weighted by Gasteiger charge is 2.20. The molecule has 0 bridgehead atoms. The van der Waals surface area contributed by atoms with E-state index in [1.54, 1.807) is 35.9 Å². The van der Waals surface area contributed by atoms with Gasteiger partial charge in [0.05, 0.1) is 17.8 Å². The Morgan fingerprint density at radius 2 is 1.50 bits per heavy atom. The molecular formula is C22H22Cl2N4O2. The van der Waals surface area contributed by atoms with E-state index in [-0.39, 0.29) is 30.1 Å². The van der Waals surface area contributed by atoms with E-state index >= 15 is 0 Å². The van der Waals surface area contributed by atoms with Crippen molar-refractivity contribution in [2.75, 3.05) is 13.1 Å². The molecule has 2 N–H and O–H groups in total. The summed E-state index contributed by atoms with van der Waals surface area (Å²) < 4.78 is 1.61. The van der Waals surface area contributed by atoms with Crippen molar-refractivity contribution in [3.05, 3.63) is 86.7 Å². The largest absolute Gasteiger partial charge is 0.350 e. The van der Waals surface area contributed by atoms with Gasteiger partial charge in [-0.25, -0.2) is 4.68 Å². The molecule has 0 atom stereocenters. The molecule has 0 fully saturated rings. The molecule has 0 spiro atoms. The van der Waals surface area contributed by atoms with Crippen LogP contribution >= 0.6 is 23.2 Å². The molecule has 1 aromatic heterocycles. The number of halogens is 2. The first-order chi connectivity index (χ1) is 14.3. The van der Waals surface area contributed by atoms with Crippen LogP contribution in [0.3, 0.4) is 0 Å². The predicted octanol–water partition coefficient (Wildman–Crippen LogP) is 4.01. The van der Waals surface area contributed by atoms with Crippen LogP contribution in [0.2, 0.25) is 10.2 Å². The minimum atomic E-state index is -0.326. The van der Waals surface area contributed by atoms with Crippen molar-refractivity contribution in [1.82, 2.24) is 20.4 Å². The molecule has 2 amide bonds. The Kier molecular flexibility index (Phi) is 7.13. The van der Waals surface area contributed by atoms with Crippen LogP contribution in [0.5, 0.6) is 0 Å². The third kappa shape index (κ3) is 5.40. The summed E-state index contributed by atoms with van der Waals surface area (Å²) in [6, 6.07) is 14.6. The van der Waals surface area contributed by atoms with Crippen molar-refractivity contribution in [2.45, 2.75) is 20.4 Å². The second-order valence-corrected chi connectivity index (χ2v) is 7.71. The maximum absolute atomic E-state index is 12.6. The number of amides is 2. The lowest BCUT2D eigenvalue weighted by Gasteiger charge is -2.08. The first-order valence-electron chi connectivity index (χ1n) is 9.45. The summed E-state index contributed by atoms with van der Waals surface area (Å²) in [4.78, 5) is 24.6. The second kappa shape index (κ2) is 9.78. The van der Waals surface area contributed by atoms with Crippen molar-refractivity contribution in [1.29, 1.82) is 0 Å². The van der Waals surface area contributed by atoms with Gasteiger partial charge in [0.2, 0.25) is 0 Å². The number of carbonyl (C=O) groups is 2. The Balaban J connectivity index is 1.55. The van der Waals surface area contributed by atoms with Crippen LogP contribution in [-0.4, -0.2) is 34.7 Å². The number of nitrogens with zero attached hydrogens (tertiary/aromatic N) is 2. The number of carbonyl (C=O) groups excluding carboxylic acids is 2. The fourth-order valence-electron chi connectivity index (χ4n) is 2.93. The first-order valence-corrected chi connectivity index (χ1v) is 10.2. The van der Waals surface area contributed by atoms with Crippen molar-refractivity contribution in [2.24, 2.45) is 0 Å². The lowest BCUT2D eigenvalue weighted by atomic mass is 10.1. The van der Waals surface area contributed by atoms with Gasteiger partial charge >= 0.3 is 0 Å². The molecule has 3 aromatic rings. The average Bonchev–Trinajstić information content (AvgIpc) is 3.00. The predicted molar refractivity (Wildman–Crippen MR) is 118 cm³/mol. The molecule has 0 saturated heterocycles. The zero-order valence-corrected chi connectivity index (χ0v) is 18.2. The van der Waals surface area contributed by atoms with Crippen LogP contribution in [0, 0.1) is 13.8 Å². The Morgan fingerprint density at radius 3 is 2.13 bits per heavy atom. The van der Waals surface area contributed by atoms with E-state index in [1.807, 2.05) is 31.2 Å². The summed E-state index contributed by atoms with van der Waals surface area (Å²) in [5.41, 5.74) is 3.61. The molecule has 0 unspecified atom stereocenters. The normalized spacial score (nSPS) is 10.7. The Hall–Kier alpha value is -2.83. The third-order valence-electron chi connectivity index (χ3n) is 4.55. The Morgan fingerprint density at radius 1 is 0.900 bits per heavy atom. The molecular weight excluding hydrogens is 423 g/mol. The van der Waals surface area contributed by atoms with Crippen molar-refractivity contribution in [3.63, 3.8) is 0 Å². The van der Waals surface area contributed by atoms with Gasteiger partial charge < -0.3 is 10.6 Å². The van der Waals surface area contributed by atoms with E-state index in [0.717, 1.165) is 5.56 Å². The summed E-state index contributed by atoms with van der Waals surface area (Å²) in [6.45, 7) is 4.78. The van der Waals surface area contributed by atoms with Crippen LogP contribution in [0.4, 0.5) is 0 Å². The molecule has 6 nitrogen and oxygen atoms in total. The summed E-state index contributed by atoms with van der Waals surface area (Å²) in [5, 5.41) is 10.8. The topological polar surface area (TPSA) is 76.0 Å². The van der Waals surface area contributed by atoms with E-state index in [9.17, 15) is 9.59 Å². The van der Waals surface area contributed by atoms with Crippen LogP contribution < -0.4 is 10.6 Å². The first kappa shape index (κ1) is 21.9. The van der Waals surface area contributed by atoms with E-state index in [0.29, 0.717) is 28.4 Å². The van der Waals surface area contributed by atoms with Crippen LogP contribution in [-0.2, 0) is 6.54 Å². The Labute approximate surface area is 185 Å². The van der Waals surface area contributed by atoms with E-state index in [2.05, 4.69) is 15.7 Å². The van der Waals surface area contributed by atoms with Gasteiger partial charge in [0, 0.05) is 23.7 Å². The molecule has 1 heterocycles. The fourth-order valence-corrected chi connectivity index (χ4v) is 3.37. The SMILES string of the molecule is Cc1ccc(Cn2nc(C)c(C(=O)NCCNC(=O)c3ccc(Cl)cc3)c2Cl)cc1. The number of hydrogen-bond acceptors (Lipinski definition) is 3. The van der Waals surface area contributed by atoms with Gasteiger partial charge in [-0.3, -0.25) is 9.59 Å². The van der Waals surface area contributed by atoms with Gasteiger partial charge in [-0.2, -0.15) is 5.10 Å². The number of benzene rings is 2. The number of rotatable bonds is 7. The summed E-state index contributed by atoms with van der Waals surface area (Å²) in [6.07, 6.45) is 0. The third-order valence-corrected chi connectivity index (χ3v) is 5.18. The van der Waals surface area contributed by atoms with Crippen LogP contribution in [0.15, 0.2) is 48.5 Å². The molecule has 0 aliphatic carbocycles. The molecule has 0 aliphatic heterocycles. The van der Waals surface area contributed by atoms with E-state index < -0.39 is 0 Å². The molecule has 0 radical (unpaired) electrons. The number of hydrogen-bond donors (Lipinski definition) is 2. The molecule has 3 rings (SSSR count). The van der Waals surface area contributed by atoms with Gasteiger partial charge in [0.1, 0.15) is 5.15 Å². The second-order valence-electron chi connectivity index (χ2n) is 6.91. The van der Waals surface area contributed by atoms with Gasteiger partial charge in [0.15, 0.2) is 0 Å².